The van der Waals surface area contributed by atoms with Crippen LogP contribution in [-0.2, 0) is 4.79 Å². The van der Waals surface area contributed by atoms with Crippen LogP contribution in [0.3, 0.4) is 0 Å². The minimum absolute atomic E-state index is 0.00824. The third kappa shape index (κ3) is 1.92. The molecule has 2 aliphatic rings. The highest BCUT2D eigenvalue weighted by Crippen LogP contribution is 2.44. The van der Waals surface area contributed by atoms with Crippen LogP contribution in [0.15, 0.2) is 48.5 Å². The molecule has 1 fully saturated rings. The van der Waals surface area contributed by atoms with Crippen molar-refractivity contribution >= 4 is 11.6 Å². The fourth-order valence-corrected chi connectivity index (χ4v) is 3.16. The average Bonchev–Trinajstić information content (AvgIpc) is 3.29. The molecule has 100 valence electrons. The van der Waals surface area contributed by atoms with Gasteiger partial charge < -0.3 is 5.32 Å². The van der Waals surface area contributed by atoms with Crippen molar-refractivity contribution in [1.29, 1.82) is 0 Å². The number of carbonyl (C=O) groups is 1. The molecule has 1 unspecified atom stereocenters. The highest BCUT2D eigenvalue weighted by Gasteiger charge is 2.33. The predicted octanol–water partition coefficient (Wildman–Crippen LogP) is 4.19. The fourth-order valence-electron chi connectivity index (χ4n) is 3.16. The molecule has 0 aromatic heterocycles. The summed E-state index contributed by atoms with van der Waals surface area (Å²) in [5.41, 5.74) is 4.45. The molecule has 1 saturated carbocycles. The van der Waals surface area contributed by atoms with Gasteiger partial charge >= 0.3 is 0 Å². The molecule has 0 saturated heterocycles. The fraction of sp³-hybridized carbons (Fsp3) is 0.278. The van der Waals surface area contributed by atoms with Crippen molar-refractivity contribution < 1.29 is 4.79 Å². The lowest BCUT2D eigenvalue weighted by molar-refractivity contribution is -0.117. The van der Waals surface area contributed by atoms with Gasteiger partial charge in [-0.25, -0.2) is 0 Å². The Morgan fingerprint density at radius 1 is 0.950 bits per heavy atom. The minimum Gasteiger partial charge on any atom is -0.325 e. The molecular weight excluding hydrogens is 246 g/mol. The zero-order valence-corrected chi connectivity index (χ0v) is 11.3. The van der Waals surface area contributed by atoms with Crippen molar-refractivity contribution in [2.24, 2.45) is 5.92 Å². The first kappa shape index (κ1) is 11.7. The maximum absolute atomic E-state index is 12.6. The van der Waals surface area contributed by atoms with Crippen LogP contribution in [-0.4, -0.2) is 5.91 Å². The molecule has 1 N–H and O–H groups in total. The molecule has 1 aliphatic heterocycles. The van der Waals surface area contributed by atoms with Gasteiger partial charge in [-0.05, 0) is 29.5 Å². The molecule has 0 bridgehead atoms. The van der Waals surface area contributed by atoms with Crippen LogP contribution in [0, 0.1) is 5.92 Å². The van der Waals surface area contributed by atoms with Gasteiger partial charge in [0.15, 0.2) is 0 Å². The van der Waals surface area contributed by atoms with Gasteiger partial charge in [0.25, 0.3) is 0 Å². The third-order valence-corrected chi connectivity index (χ3v) is 4.39. The van der Waals surface area contributed by atoms with Gasteiger partial charge in [0.05, 0.1) is 5.92 Å². The Hall–Kier alpha value is -2.09. The largest absolute Gasteiger partial charge is 0.325 e. The summed E-state index contributed by atoms with van der Waals surface area (Å²) < 4.78 is 0. The number of amides is 1. The molecule has 1 amide bonds. The summed E-state index contributed by atoms with van der Waals surface area (Å²) in [5, 5.41) is 3.11. The normalized spacial score (nSPS) is 20.6. The second kappa shape index (κ2) is 4.48. The first-order valence-corrected chi connectivity index (χ1v) is 7.32. The van der Waals surface area contributed by atoms with E-state index in [1.54, 1.807) is 0 Å². The highest BCUT2D eigenvalue weighted by molar-refractivity contribution is 6.03. The van der Waals surface area contributed by atoms with E-state index >= 15 is 0 Å². The number of hydrogen-bond donors (Lipinski definition) is 1. The highest BCUT2D eigenvalue weighted by atomic mass is 16.1. The number of fused-ring (bicyclic) bond motifs is 3. The van der Waals surface area contributed by atoms with Crippen molar-refractivity contribution in [2.45, 2.75) is 25.2 Å². The zero-order valence-electron chi connectivity index (χ0n) is 11.3. The molecule has 20 heavy (non-hydrogen) atoms. The number of benzene rings is 2. The number of hydrogen-bond acceptors (Lipinski definition) is 1. The monoisotopic (exact) mass is 263 g/mol. The van der Waals surface area contributed by atoms with Gasteiger partial charge in [-0.2, -0.15) is 0 Å². The summed E-state index contributed by atoms with van der Waals surface area (Å²) in [6.45, 7) is 0. The van der Waals surface area contributed by atoms with Gasteiger partial charge in [-0.15, -0.1) is 0 Å². The van der Waals surface area contributed by atoms with Crippen molar-refractivity contribution in [1.82, 2.24) is 0 Å². The topological polar surface area (TPSA) is 29.1 Å². The Morgan fingerprint density at radius 3 is 2.45 bits per heavy atom. The van der Waals surface area contributed by atoms with E-state index in [9.17, 15) is 4.79 Å². The van der Waals surface area contributed by atoms with E-state index < -0.39 is 0 Å². The van der Waals surface area contributed by atoms with Gasteiger partial charge in [-0.3, -0.25) is 4.79 Å². The second-order valence-corrected chi connectivity index (χ2v) is 5.85. The first-order valence-electron chi connectivity index (χ1n) is 7.32. The molecular formula is C18H17NO. The summed E-state index contributed by atoms with van der Waals surface area (Å²) in [5.74, 6) is 0.875. The summed E-state index contributed by atoms with van der Waals surface area (Å²) in [6.07, 6.45) is 3.54. The van der Waals surface area contributed by atoms with E-state index in [0.29, 0.717) is 0 Å². The Balaban J connectivity index is 1.88. The molecule has 0 radical (unpaired) electrons. The van der Waals surface area contributed by atoms with Gasteiger partial charge in [0.2, 0.25) is 5.91 Å². The lowest BCUT2D eigenvalue weighted by Gasteiger charge is -2.15. The lowest BCUT2D eigenvalue weighted by Crippen LogP contribution is -2.20. The van der Waals surface area contributed by atoms with E-state index in [4.69, 9.17) is 0 Å². The second-order valence-electron chi connectivity index (χ2n) is 5.85. The number of carbonyl (C=O) groups excluding carboxylic acids is 1. The van der Waals surface area contributed by atoms with Crippen LogP contribution in [0.25, 0.3) is 11.1 Å². The van der Waals surface area contributed by atoms with E-state index in [2.05, 4.69) is 29.6 Å². The van der Waals surface area contributed by atoms with Gasteiger partial charge in [0.1, 0.15) is 0 Å². The molecule has 2 nitrogen and oxygen atoms in total. The van der Waals surface area contributed by atoms with Crippen LogP contribution >= 0.6 is 0 Å². The SMILES string of the molecule is O=C1Nc2ccccc2-c2ccccc2C1CC1CC1. The van der Waals surface area contributed by atoms with Crippen LogP contribution < -0.4 is 5.32 Å². The molecule has 4 rings (SSSR count). The van der Waals surface area contributed by atoms with Gasteiger partial charge in [-0.1, -0.05) is 55.3 Å². The summed E-state index contributed by atoms with van der Waals surface area (Å²) in [7, 11) is 0. The first-order chi connectivity index (χ1) is 9.83. The molecule has 0 spiro atoms. The number of para-hydroxylation sites is 1. The van der Waals surface area contributed by atoms with E-state index in [0.717, 1.165) is 23.6 Å². The molecule has 2 aromatic rings. The van der Waals surface area contributed by atoms with E-state index in [1.165, 1.54) is 24.0 Å². The van der Waals surface area contributed by atoms with Gasteiger partial charge in [0, 0.05) is 11.3 Å². The number of anilines is 1. The Bertz CT molecular complexity index is 673. The van der Waals surface area contributed by atoms with Crippen molar-refractivity contribution in [3.05, 3.63) is 54.1 Å². The van der Waals surface area contributed by atoms with Crippen LogP contribution in [0.5, 0.6) is 0 Å². The predicted molar refractivity (Wildman–Crippen MR) is 80.6 cm³/mol. The standard InChI is InChI=1S/C18H17NO/c20-18-16(11-12-9-10-12)14-6-2-1-5-13(14)15-7-3-4-8-17(15)19-18/h1-8,12,16H,9-11H2,(H,19,20). The quantitative estimate of drug-likeness (QED) is 0.864. The Kier molecular flexibility index (Phi) is 2.62. The number of nitrogens with one attached hydrogen (secondary N) is 1. The average molecular weight is 263 g/mol. The smallest absolute Gasteiger partial charge is 0.231 e. The van der Waals surface area contributed by atoms with E-state index in [-0.39, 0.29) is 11.8 Å². The molecule has 1 heterocycles. The Morgan fingerprint density at radius 2 is 1.65 bits per heavy atom. The van der Waals surface area contributed by atoms with Crippen LogP contribution in [0.2, 0.25) is 0 Å². The molecule has 1 aliphatic carbocycles. The van der Waals surface area contributed by atoms with Crippen molar-refractivity contribution in [3.63, 3.8) is 0 Å². The van der Waals surface area contributed by atoms with Crippen molar-refractivity contribution in [2.75, 3.05) is 5.32 Å². The lowest BCUT2D eigenvalue weighted by atomic mass is 9.88. The zero-order chi connectivity index (χ0) is 13.5. The summed E-state index contributed by atoms with van der Waals surface area (Å²) in [6, 6.07) is 16.4. The maximum atomic E-state index is 12.6. The van der Waals surface area contributed by atoms with Crippen LogP contribution in [0.4, 0.5) is 5.69 Å². The molecule has 2 heteroatoms. The minimum atomic E-state index is -0.00824. The third-order valence-electron chi connectivity index (χ3n) is 4.39. The molecule has 2 aromatic carbocycles. The van der Waals surface area contributed by atoms with Crippen LogP contribution in [0.1, 0.15) is 30.7 Å². The Labute approximate surface area is 118 Å². The van der Waals surface area contributed by atoms with Crippen molar-refractivity contribution in [3.8, 4) is 11.1 Å². The van der Waals surface area contributed by atoms with E-state index in [1.807, 2.05) is 24.3 Å². The maximum Gasteiger partial charge on any atom is 0.231 e. The molecule has 1 atom stereocenters. The summed E-state index contributed by atoms with van der Waals surface area (Å²) in [4.78, 5) is 12.6. The number of rotatable bonds is 2. The summed E-state index contributed by atoms with van der Waals surface area (Å²) >= 11 is 0.